The molecule has 5 rings (SSSR count). The van der Waals surface area contributed by atoms with Crippen LogP contribution in [0, 0.1) is 5.92 Å². The zero-order valence-electron chi connectivity index (χ0n) is 28.8. The van der Waals surface area contributed by atoms with Gasteiger partial charge in [0.15, 0.2) is 8.32 Å². The SMILES string of the molecule is CCOc1ccc2c(c1)CC(NCCCCO)C(=O)N2c1ccc2c(c1)[C@@H](OC)[C@H](C)[C@@H](C(CCn1cc(CCO)nn1)[Si](C)(C)O)O2. The van der Waals surface area contributed by atoms with E-state index < -0.39 is 14.4 Å². The molecule has 13 heteroatoms. The van der Waals surface area contributed by atoms with Crippen LogP contribution in [-0.4, -0.2) is 89.8 Å². The van der Waals surface area contributed by atoms with Crippen LogP contribution in [-0.2, 0) is 28.9 Å². The van der Waals surface area contributed by atoms with Gasteiger partial charge < -0.3 is 34.5 Å². The molecule has 5 atom stereocenters. The Kier molecular flexibility index (Phi) is 11.9. The number of hydrogen-bond donors (Lipinski definition) is 4. The van der Waals surface area contributed by atoms with Crippen LogP contribution in [0.25, 0.3) is 0 Å². The van der Waals surface area contributed by atoms with Crippen molar-refractivity contribution in [3.8, 4) is 11.5 Å². The number of aryl methyl sites for hydroxylation is 1. The van der Waals surface area contributed by atoms with Crippen molar-refractivity contribution in [1.82, 2.24) is 20.3 Å². The van der Waals surface area contributed by atoms with E-state index in [1.165, 1.54) is 0 Å². The number of anilines is 2. The van der Waals surface area contributed by atoms with E-state index in [0.29, 0.717) is 51.1 Å². The molecule has 1 aromatic heterocycles. The van der Waals surface area contributed by atoms with Gasteiger partial charge in [0, 0.05) is 62.2 Å². The average molecular weight is 682 g/mol. The maximum absolute atomic E-state index is 14.1. The van der Waals surface area contributed by atoms with Crippen LogP contribution in [0.5, 0.6) is 11.5 Å². The van der Waals surface area contributed by atoms with Crippen LogP contribution in [0.1, 0.15) is 56.0 Å². The standard InChI is InChI=1S/C35H51N5O7Si/c1-6-46-27-10-11-30-24(19-27)20-29(36-15-7-8-17-41)35(43)40(30)26-9-12-31-28(21-26)33(45-3)23(2)34(47-31)32(48(4,5)44)13-16-39-22-25(14-18-42)37-38-39/h9-12,19,21-23,29,32-34,36,41-42,44H,6-8,13-18,20H2,1-5H3/t23-,29?,32?,33-,34-/m0/s1. The fourth-order valence-corrected chi connectivity index (χ4v) is 9.10. The largest absolute Gasteiger partial charge is 0.494 e. The Labute approximate surface area is 284 Å². The lowest BCUT2D eigenvalue weighted by molar-refractivity contribution is -0.120. The van der Waals surface area contributed by atoms with Crippen molar-refractivity contribution in [2.45, 2.75) is 89.4 Å². The number of fused-ring (bicyclic) bond motifs is 2. The number of benzene rings is 2. The summed E-state index contributed by atoms with van der Waals surface area (Å²) in [5.41, 5.74) is 4.01. The van der Waals surface area contributed by atoms with Crippen LogP contribution >= 0.6 is 0 Å². The highest BCUT2D eigenvalue weighted by Crippen LogP contribution is 2.48. The summed E-state index contributed by atoms with van der Waals surface area (Å²) in [6.07, 6.45) is 4.29. The van der Waals surface area contributed by atoms with Gasteiger partial charge in [0.05, 0.1) is 30.1 Å². The normalized spacial score (nSPS) is 21.4. The van der Waals surface area contributed by atoms with Gasteiger partial charge in [-0.05, 0) is 94.2 Å². The molecule has 4 N–H and O–H groups in total. The van der Waals surface area contributed by atoms with E-state index in [1.807, 2.05) is 62.6 Å². The minimum absolute atomic E-state index is 0.0149. The third kappa shape index (κ3) is 7.93. The topological polar surface area (TPSA) is 151 Å². The van der Waals surface area contributed by atoms with Gasteiger partial charge in [-0.2, -0.15) is 0 Å². The molecule has 2 aromatic carbocycles. The van der Waals surface area contributed by atoms with Gasteiger partial charge >= 0.3 is 0 Å². The zero-order chi connectivity index (χ0) is 34.4. The molecular formula is C35H51N5O7Si. The number of aromatic nitrogens is 3. The summed E-state index contributed by atoms with van der Waals surface area (Å²) in [6.45, 7) is 9.81. The lowest BCUT2D eigenvalue weighted by Crippen LogP contribution is -2.50. The lowest BCUT2D eigenvalue weighted by Gasteiger charge is -2.44. The van der Waals surface area contributed by atoms with E-state index in [2.05, 4.69) is 22.6 Å². The maximum Gasteiger partial charge on any atom is 0.249 e. The number of nitrogens with one attached hydrogen (secondary N) is 1. The first-order valence-corrected chi connectivity index (χ1v) is 20.1. The number of amides is 1. The van der Waals surface area contributed by atoms with Gasteiger partial charge in [0.25, 0.3) is 0 Å². The van der Waals surface area contributed by atoms with Gasteiger partial charge in [0.1, 0.15) is 17.6 Å². The van der Waals surface area contributed by atoms with Crippen LogP contribution < -0.4 is 19.7 Å². The summed E-state index contributed by atoms with van der Waals surface area (Å²) >= 11 is 0. The summed E-state index contributed by atoms with van der Waals surface area (Å²) < 4.78 is 20.4. The number of rotatable bonds is 16. The van der Waals surface area contributed by atoms with E-state index in [-0.39, 0.29) is 42.8 Å². The predicted molar refractivity (Wildman–Crippen MR) is 185 cm³/mol. The Hall–Kier alpha value is -3.33. The molecule has 2 aliphatic rings. The smallest absolute Gasteiger partial charge is 0.249 e. The maximum atomic E-state index is 14.1. The molecular weight excluding hydrogens is 630 g/mol. The molecule has 0 spiro atoms. The average Bonchev–Trinajstić information content (AvgIpc) is 3.50. The molecule has 2 aliphatic heterocycles. The number of hydrogen-bond acceptors (Lipinski definition) is 10. The fraction of sp³-hybridized carbons (Fsp3) is 0.571. The third-order valence-corrected chi connectivity index (χ3v) is 12.0. The third-order valence-electron chi connectivity index (χ3n) is 9.52. The van der Waals surface area contributed by atoms with E-state index >= 15 is 0 Å². The van der Waals surface area contributed by atoms with E-state index in [0.717, 1.165) is 40.4 Å². The Balaban J connectivity index is 1.44. The molecule has 3 aromatic rings. The number of aliphatic hydroxyl groups is 2. The highest BCUT2D eigenvalue weighted by molar-refractivity contribution is 6.71. The van der Waals surface area contributed by atoms with Gasteiger partial charge in [0.2, 0.25) is 5.91 Å². The van der Waals surface area contributed by atoms with Gasteiger partial charge in [-0.25, -0.2) is 0 Å². The van der Waals surface area contributed by atoms with Crippen LogP contribution in [0.2, 0.25) is 18.6 Å². The highest BCUT2D eigenvalue weighted by Gasteiger charge is 2.46. The molecule has 0 bridgehead atoms. The van der Waals surface area contributed by atoms with E-state index in [1.54, 1.807) is 16.7 Å². The molecule has 0 fully saturated rings. The lowest BCUT2D eigenvalue weighted by atomic mass is 9.86. The highest BCUT2D eigenvalue weighted by atomic mass is 28.4. The second-order valence-electron chi connectivity index (χ2n) is 13.4. The van der Waals surface area contributed by atoms with Crippen molar-refractivity contribution < 1.29 is 34.0 Å². The number of methoxy groups -OCH3 is 1. The van der Waals surface area contributed by atoms with Crippen molar-refractivity contribution in [3.05, 3.63) is 59.4 Å². The number of aliphatic hydroxyl groups excluding tert-OH is 2. The predicted octanol–water partition coefficient (Wildman–Crippen LogP) is 3.91. The number of ether oxygens (including phenoxy) is 3. The second-order valence-corrected chi connectivity index (χ2v) is 17.4. The van der Waals surface area contributed by atoms with Crippen molar-refractivity contribution in [2.75, 3.05) is 38.4 Å². The molecule has 0 aliphatic carbocycles. The van der Waals surface area contributed by atoms with Crippen molar-refractivity contribution in [2.24, 2.45) is 5.92 Å². The molecule has 262 valence electrons. The molecule has 12 nitrogen and oxygen atoms in total. The molecule has 2 unspecified atom stereocenters. The summed E-state index contributed by atoms with van der Waals surface area (Å²) in [7, 11) is -1.04. The number of unbranched alkanes of at least 4 members (excludes halogenated alkanes) is 1. The summed E-state index contributed by atoms with van der Waals surface area (Å²) in [5, 5.41) is 30.2. The molecule has 0 saturated carbocycles. The zero-order valence-corrected chi connectivity index (χ0v) is 29.8. The van der Waals surface area contributed by atoms with Gasteiger partial charge in [-0.3, -0.25) is 14.4 Å². The second kappa shape index (κ2) is 15.9. The van der Waals surface area contributed by atoms with Crippen LogP contribution in [0.3, 0.4) is 0 Å². The quantitative estimate of drug-likeness (QED) is 0.129. The Bertz CT molecular complexity index is 1530. The first-order chi connectivity index (χ1) is 23.1. The first-order valence-electron chi connectivity index (χ1n) is 17.1. The molecule has 3 heterocycles. The first kappa shape index (κ1) is 36.0. The Morgan fingerprint density at radius 1 is 1.15 bits per heavy atom. The van der Waals surface area contributed by atoms with Gasteiger partial charge in [-0.15, -0.1) is 5.10 Å². The molecule has 1 amide bonds. The van der Waals surface area contributed by atoms with Crippen LogP contribution in [0.4, 0.5) is 11.4 Å². The minimum atomic E-state index is -2.73. The number of carbonyl (C=O) groups excluding carboxylic acids is 1. The summed E-state index contributed by atoms with van der Waals surface area (Å²) in [6, 6.07) is 11.3. The number of carbonyl (C=O) groups is 1. The molecule has 0 radical (unpaired) electrons. The molecule has 48 heavy (non-hydrogen) atoms. The van der Waals surface area contributed by atoms with E-state index in [4.69, 9.17) is 14.2 Å². The van der Waals surface area contributed by atoms with Crippen molar-refractivity contribution in [1.29, 1.82) is 0 Å². The Morgan fingerprint density at radius 2 is 1.96 bits per heavy atom. The van der Waals surface area contributed by atoms with Crippen LogP contribution in [0.15, 0.2) is 42.6 Å². The summed E-state index contributed by atoms with van der Waals surface area (Å²) in [5.74, 6) is 1.30. The van der Waals surface area contributed by atoms with Crippen molar-refractivity contribution in [3.63, 3.8) is 0 Å². The monoisotopic (exact) mass is 681 g/mol. The molecule has 0 saturated heterocycles. The Morgan fingerprint density at radius 3 is 2.67 bits per heavy atom. The fourth-order valence-electron chi connectivity index (χ4n) is 7.09. The van der Waals surface area contributed by atoms with Crippen molar-refractivity contribution >= 4 is 25.6 Å². The number of nitrogens with zero attached hydrogens (tertiary/aromatic N) is 4. The van der Waals surface area contributed by atoms with Gasteiger partial charge in [-0.1, -0.05) is 12.1 Å². The van der Waals surface area contributed by atoms with E-state index in [9.17, 15) is 19.8 Å². The summed E-state index contributed by atoms with van der Waals surface area (Å²) in [4.78, 5) is 27.4. The minimum Gasteiger partial charge on any atom is -0.494 e.